The van der Waals surface area contributed by atoms with Crippen molar-refractivity contribution < 1.29 is 9.13 Å². The lowest BCUT2D eigenvalue weighted by atomic mass is 10.2. The SMILES string of the molecule is Cn1c(=O)n(Cc2ccc(F)cc2)c(=O)c2c1nc1n2CCCN1c1ccc(Oc2ccccc2)cc1. The summed E-state index contributed by atoms with van der Waals surface area (Å²) in [6, 6.07) is 23.1. The van der Waals surface area contributed by atoms with Crippen molar-refractivity contribution in [3.63, 3.8) is 0 Å². The zero-order chi connectivity index (χ0) is 25.5. The summed E-state index contributed by atoms with van der Waals surface area (Å²) in [6.07, 6.45) is 0.807. The predicted molar refractivity (Wildman–Crippen MR) is 139 cm³/mol. The van der Waals surface area contributed by atoms with Crippen molar-refractivity contribution in [2.45, 2.75) is 19.5 Å². The third kappa shape index (κ3) is 4.08. The minimum atomic E-state index is -0.466. The highest BCUT2D eigenvalue weighted by atomic mass is 19.1. The summed E-state index contributed by atoms with van der Waals surface area (Å²) in [5.41, 5.74) is 1.43. The Balaban J connectivity index is 1.38. The Hall–Kier alpha value is -4.66. The molecule has 0 saturated carbocycles. The maximum absolute atomic E-state index is 13.5. The molecule has 3 aromatic carbocycles. The van der Waals surface area contributed by atoms with Gasteiger partial charge in [0.2, 0.25) is 5.95 Å². The molecule has 0 amide bonds. The lowest BCUT2D eigenvalue weighted by Gasteiger charge is -2.29. The van der Waals surface area contributed by atoms with E-state index in [1.54, 1.807) is 19.2 Å². The van der Waals surface area contributed by atoms with E-state index in [0.717, 1.165) is 24.4 Å². The Morgan fingerprint density at radius 1 is 0.892 bits per heavy atom. The fourth-order valence-corrected chi connectivity index (χ4v) is 4.74. The van der Waals surface area contributed by atoms with E-state index in [-0.39, 0.29) is 12.4 Å². The van der Waals surface area contributed by atoms with Crippen molar-refractivity contribution in [3.8, 4) is 11.5 Å². The number of halogens is 1. The number of benzene rings is 3. The monoisotopic (exact) mass is 497 g/mol. The fraction of sp³-hybridized carbons (Fsp3) is 0.179. The minimum absolute atomic E-state index is 0.0504. The number of anilines is 2. The molecule has 0 unspecified atom stereocenters. The normalized spacial score (nSPS) is 13.1. The largest absolute Gasteiger partial charge is 0.457 e. The Labute approximate surface area is 211 Å². The van der Waals surface area contributed by atoms with Crippen LogP contribution in [0, 0.1) is 5.82 Å². The number of hydrogen-bond donors (Lipinski definition) is 0. The van der Waals surface area contributed by atoms with E-state index < -0.39 is 11.2 Å². The topological polar surface area (TPSA) is 74.3 Å². The van der Waals surface area contributed by atoms with Gasteiger partial charge in [-0.2, -0.15) is 4.98 Å². The molecule has 0 radical (unpaired) electrons. The van der Waals surface area contributed by atoms with Crippen LogP contribution in [0.1, 0.15) is 12.0 Å². The van der Waals surface area contributed by atoms with E-state index >= 15 is 0 Å². The Morgan fingerprint density at radius 2 is 1.59 bits per heavy atom. The molecule has 8 nitrogen and oxygen atoms in total. The first-order valence-corrected chi connectivity index (χ1v) is 12.0. The van der Waals surface area contributed by atoms with Gasteiger partial charge in [-0.1, -0.05) is 30.3 Å². The second kappa shape index (κ2) is 9.09. The molecule has 37 heavy (non-hydrogen) atoms. The van der Waals surface area contributed by atoms with Crippen LogP contribution in [-0.2, 0) is 20.1 Å². The zero-order valence-corrected chi connectivity index (χ0v) is 20.2. The molecule has 0 aliphatic carbocycles. The molecule has 0 bridgehead atoms. The van der Waals surface area contributed by atoms with Gasteiger partial charge in [-0.25, -0.2) is 9.18 Å². The summed E-state index contributed by atoms with van der Waals surface area (Å²) in [6.45, 7) is 1.39. The lowest BCUT2D eigenvalue weighted by molar-refractivity contribution is 0.482. The van der Waals surface area contributed by atoms with E-state index in [0.29, 0.717) is 35.0 Å². The molecule has 0 N–H and O–H groups in total. The van der Waals surface area contributed by atoms with E-state index in [9.17, 15) is 14.0 Å². The maximum Gasteiger partial charge on any atom is 0.332 e. The standard InChI is InChI=1S/C28H24FN5O3/c1-31-25-24(26(35)34(28(31)36)18-19-8-10-20(29)11-9-19)33-17-5-16-32(27(33)30-25)21-12-14-23(15-13-21)37-22-6-3-2-4-7-22/h2-4,6-15H,5,16-18H2,1H3. The number of rotatable bonds is 5. The van der Waals surface area contributed by atoms with Crippen molar-refractivity contribution in [2.75, 3.05) is 11.4 Å². The smallest absolute Gasteiger partial charge is 0.332 e. The summed E-state index contributed by atoms with van der Waals surface area (Å²) in [4.78, 5) is 33.4. The molecule has 0 fully saturated rings. The number of ether oxygens (including phenoxy) is 1. The van der Waals surface area contributed by atoms with Gasteiger partial charge >= 0.3 is 5.69 Å². The number of imidazole rings is 1. The second-order valence-electron chi connectivity index (χ2n) is 9.01. The van der Waals surface area contributed by atoms with Crippen LogP contribution in [0.2, 0.25) is 0 Å². The number of nitrogens with zero attached hydrogens (tertiary/aromatic N) is 5. The van der Waals surface area contributed by atoms with E-state index in [1.807, 2.05) is 64.1 Å². The molecule has 6 rings (SSSR count). The summed E-state index contributed by atoms with van der Waals surface area (Å²) < 4.78 is 23.7. The quantitative estimate of drug-likeness (QED) is 0.360. The van der Waals surface area contributed by atoms with Crippen molar-refractivity contribution in [2.24, 2.45) is 7.05 Å². The Kier molecular flexibility index (Phi) is 5.60. The van der Waals surface area contributed by atoms with Crippen LogP contribution in [-0.4, -0.2) is 25.2 Å². The van der Waals surface area contributed by atoms with Gasteiger partial charge in [0.15, 0.2) is 11.2 Å². The molecular weight excluding hydrogens is 473 g/mol. The summed E-state index contributed by atoms with van der Waals surface area (Å²) in [7, 11) is 1.62. The summed E-state index contributed by atoms with van der Waals surface area (Å²) >= 11 is 0. The van der Waals surface area contributed by atoms with Crippen LogP contribution >= 0.6 is 0 Å². The van der Waals surface area contributed by atoms with Crippen molar-refractivity contribution in [3.05, 3.63) is 111 Å². The molecule has 3 heterocycles. The lowest BCUT2D eigenvalue weighted by Crippen LogP contribution is -2.40. The first-order chi connectivity index (χ1) is 18.0. The van der Waals surface area contributed by atoms with Gasteiger partial charge in [0.25, 0.3) is 5.56 Å². The molecule has 0 atom stereocenters. The number of para-hydroxylation sites is 1. The molecule has 0 saturated heterocycles. The van der Waals surface area contributed by atoms with Crippen LogP contribution in [0.4, 0.5) is 16.0 Å². The van der Waals surface area contributed by atoms with Crippen LogP contribution in [0.25, 0.3) is 11.2 Å². The highest BCUT2D eigenvalue weighted by Crippen LogP contribution is 2.32. The number of aromatic nitrogens is 4. The number of aryl methyl sites for hydroxylation is 2. The molecule has 0 spiro atoms. The third-order valence-electron chi connectivity index (χ3n) is 6.60. The third-order valence-corrected chi connectivity index (χ3v) is 6.60. The summed E-state index contributed by atoms with van der Waals surface area (Å²) in [5.74, 6) is 1.72. The highest BCUT2D eigenvalue weighted by molar-refractivity contribution is 5.77. The van der Waals surface area contributed by atoms with Gasteiger partial charge < -0.3 is 14.2 Å². The fourth-order valence-electron chi connectivity index (χ4n) is 4.74. The van der Waals surface area contributed by atoms with Crippen LogP contribution in [0.3, 0.4) is 0 Å². The van der Waals surface area contributed by atoms with Gasteiger partial charge in [0.05, 0.1) is 6.54 Å². The zero-order valence-electron chi connectivity index (χ0n) is 20.2. The molecule has 186 valence electrons. The highest BCUT2D eigenvalue weighted by Gasteiger charge is 2.27. The van der Waals surface area contributed by atoms with Crippen molar-refractivity contribution in [1.82, 2.24) is 18.7 Å². The predicted octanol–water partition coefficient (Wildman–Crippen LogP) is 4.42. The first kappa shape index (κ1) is 22.8. The van der Waals surface area contributed by atoms with Gasteiger partial charge in [-0.15, -0.1) is 0 Å². The van der Waals surface area contributed by atoms with Crippen LogP contribution in [0.15, 0.2) is 88.5 Å². The van der Waals surface area contributed by atoms with E-state index in [1.165, 1.54) is 21.3 Å². The van der Waals surface area contributed by atoms with Gasteiger partial charge in [-0.05, 0) is 60.5 Å². The summed E-state index contributed by atoms with van der Waals surface area (Å²) in [5, 5.41) is 0. The molecular formula is C28H24FN5O3. The average molecular weight is 498 g/mol. The molecule has 2 aromatic heterocycles. The maximum atomic E-state index is 13.5. The first-order valence-electron chi connectivity index (χ1n) is 12.0. The second-order valence-corrected chi connectivity index (χ2v) is 9.01. The van der Waals surface area contributed by atoms with Crippen molar-refractivity contribution >= 4 is 22.8 Å². The number of hydrogen-bond acceptors (Lipinski definition) is 5. The van der Waals surface area contributed by atoms with Crippen molar-refractivity contribution in [1.29, 1.82) is 0 Å². The van der Waals surface area contributed by atoms with Gasteiger partial charge in [0, 0.05) is 25.8 Å². The van der Waals surface area contributed by atoms with Gasteiger partial charge in [-0.3, -0.25) is 13.9 Å². The van der Waals surface area contributed by atoms with Crippen LogP contribution in [0.5, 0.6) is 11.5 Å². The molecule has 5 aromatic rings. The van der Waals surface area contributed by atoms with E-state index in [4.69, 9.17) is 9.72 Å². The molecule has 9 heteroatoms. The minimum Gasteiger partial charge on any atom is -0.457 e. The Morgan fingerprint density at radius 3 is 2.32 bits per heavy atom. The van der Waals surface area contributed by atoms with E-state index in [2.05, 4.69) is 0 Å². The molecule has 1 aliphatic heterocycles. The average Bonchev–Trinajstić information content (AvgIpc) is 3.32. The Bertz CT molecular complexity index is 1700. The van der Waals surface area contributed by atoms with Crippen LogP contribution < -0.4 is 20.9 Å². The van der Waals surface area contributed by atoms with Gasteiger partial charge in [0.1, 0.15) is 17.3 Å². The number of fused-ring (bicyclic) bond motifs is 3. The molecule has 1 aliphatic rings.